The van der Waals surface area contributed by atoms with Crippen LogP contribution in [0.2, 0.25) is 0 Å². The Morgan fingerprint density at radius 2 is 1.53 bits per heavy atom. The van der Waals surface area contributed by atoms with Crippen molar-refractivity contribution in [3.8, 4) is 0 Å². The number of hydrogen-bond donors (Lipinski definition) is 0. The normalized spacial score (nSPS) is 36.0. The number of rotatable bonds is 1. The first kappa shape index (κ1) is 17.0. The van der Waals surface area contributed by atoms with Gasteiger partial charge in [-0.1, -0.05) is 54.4 Å². The number of hydrogen-bond acceptors (Lipinski definition) is 2. The monoisotopic (exact) mass is 269 g/mol. The Bertz CT molecular complexity index is 242. The summed E-state index contributed by atoms with van der Waals surface area (Å²) >= 11 is 0. The van der Waals surface area contributed by atoms with E-state index in [-0.39, 0.29) is 0 Å². The predicted octanol–water partition coefficient (Wildman–Crippen LogP) is 4.20. The lowest BCUT2D eigenvalue weighted by Crippen LogP contribution is -2.69. The van der Waals surface area contributed by atoms with Gasteiger partial charge in [-0.3, -0.25) is 4.90 Å². The van der Waals surface area contributed by atoms with Gasteiger partial charge in [0.1, 0.15) is 0 Å². The van der Waals surface area contributed by atoms with Crippen molar-refractivity contribution < 1.29 is 4.74 Å². The molecule has 3 unspecified atom stereocenters. The Labute approximate surface area is 120 Å². The summed E-state index contributed by atoms with van der Waals surface area (Å²) in [6.07, 6.45) is 4.32. The molecule has 2 saturated heterocycles. The Morgan fingerprint density at radius 3 is 2.00 bits per heavy atom. The van der Waals surface area contributed by atoms with Crippen molar-refractivity contribution in [2.45, 2.75) is 66.8 Å². The van der Waals surface area contributed by atoms with Gasteiger partial charge in [-0.05, 0) is 18.3 Å². The zero-order valence-electron chi connectivity index (χ0n) is 14.0. The molecule has 1 spiro atoms. The van der Waals surface area contributed by atoms with Gasteiger partial charge in [0, 0.05) is 24.5 Å². The molecule has 3 aliphatic rings. The first-order valence-corrected chi connectivity index (χ1v) is 8.52. The zero-order chi connectivity index (χ0) is 14.5. The fraction of sp³-hybridized carbons (Fsp3) is 1.00. The summed E-state index contributed by atoms with van der Waals surface area (Å²) < 4.78 is 5.34. The lowest BCUT2D eigenvalue weighted by Gasteiger charge is -2.59. The standard InChI is InChI=1S/C13H23NO.2C2H6/c1-10-4-3-5-12(11(10)2)14-6-13(7-14)8-15-9-13;2*1-2/h10-12H,3-9H2,1-2H3;2*1-2H3. The second-order valence-corrected chi connectivity index (χ2v) is 6.23. The van der Waals surface area contributed by atoms with Gasteiger partial charge in [-0.15, -0.1) is 0 Å². The first-order valence-electron chi connectivity index (χ1n) is 8.52. The molecule has 0 radical (unpaired) electrons. The van der Waals surface area contributed by atoms with Crippen molar-refractivity contribution in [3.63, 3.8) is 0 Å². The van der Waals surface area contributed by atoms with E-state index in [1.54, 1.807) is 0 Å². The molecule has 1 aliphatic carbocycles. The molecule has 3 fully saturated rings. The molecule has 0 amide bonds. The Kier molecular flexibility index (Phi) is 6.82. The topological polar surface area (TPSA) is 12.5 Å². The van der Waals surface area contributed by atoms with Gasteiger partial charge in [0.05, 0.1) is 13.2 Å². The molecule has 0 aromatic rings. The maximum atomic E-state index is 5.34. The third-order valence-corrected chi connectivity index (χ3v) is 5.03. The summed E-state index contributed by atoms with van der Waals surface area (Å²) in [5, 5.41) is 0. The van der Waals surface area contributed by atoms with E-state index in [0.717, 1.165) is 31.1 Å². The van der Waals surface area contributed by atoms with Crippen LogP contribution >= 0.6 is 0 Å². The van der Waals surface area contributed by atoms with Gasteiger partial charge in [0.2, 0.25) is 0 Å². The van der Waals surface area contributed by atoms with Crippen LogP contribution in [0.1, 0.15) is 60.8 Å². The second-order valence-electron chi connectivity index (χ2n) is 6.23. The van der Waals surface area contributed by atoms with Crippen molar-refractivity contribution in [1.29, 1.82) is 0 Å². The summed E-state index contributed by atoms with van der Waals surface area (Å²) in [6.45, 7) is 17.6. The maximum absolute atomic E-state index is 5.34. The molecule has 114 valence electrons. The summed E-state index contributed by atoms with van der Waals surface area (Å²) in [6, 6.07) is 0.875. The molecule has 0 bridgehead atoms. The smallest absolute Gasteiger partial charge is 0.0569 e. The van der Waals surface area contributed by atoms with E-state index >= 15 is 0 Å². The van der Waals surface area contributed by atoms with E-state index in [9.17, 15) is 0 Å². The maximum Gasteiger partial charge on any atom is 0.0569 e. The zero-order valence-corrected chi connectivity index (χ0v) is 14.0. The SMILES string of the molecule is CC.CC.CC1CCCC(N2CC3(COC3)C2)C1C. The van der Waals surface area contributed by atoms with E-state index in [2.05, 4.69) is 18.7 Å². The van der Waals surface area contributed by atoms with Crippen molar-refractivity contribution in [2.75, 3.05) is 26.3 Å². The van der Waals surface area contributed by atoms with Crippen molar-refractivity contribution >= 4 is 0 Å². The van der Waals surface area contributed by atoms with Gasteiger partial charge in [-0.2, -0.15) is 0 Å². The fourth-order valence-electron chi connectivity index (χ4n) is 3.69. The summed E-state index contributed by atoms with van der Waals surface area (Å²) in [7, 11) is 0. The first-order chi connectivity index (χ1) is 9.20. The van der Waals surface area contributed by atoms with Crippen LogP contribution in [0.25, 0.3) is 0 Å². The molecular weight excluding hydrogens is 234 g/mol. The quantitative estimate of drug-likeness (QED) is 0.707. The third-order valence-electron chi connectivity index (χ3n) is 5.03. The minimum Gasteiger partial charge on any atom is -0.380 e. The lowest BCUT2D eigenvalue weighted by atomic mass is 9.71. The van der Waals surface area contributed by atoms with Crippen LogP contribution in [0.4, 0.5) is 0 Å². The largest absolute Gasteiger partial charge is 0.380 e. The number of nitrogens with zero attached hydrogens (tertiary/aromatic N) is 1. The van der Waals surface area contributed by atoms with E-state index in [4.69, 9.17) is 4.74 Å². The van der Waals surface area contributed by atoms with Crippen LogP contribution in [0.3, 0.4) is 0 Å². The molecule has 0 N–H and O–H groups in total. The van der Waals surface area contributed by atoms with Crippen LogP contribution in [-0.2, 0) is 4.74 Å². The third kappa shape index (κ3) is 3.52. The Morgan fingerprint density at radius 1 is 0.947 bits per heavy atom. The van der Waals surface area contributed by atoms with Gasteiger partial charge < -0.3 is 4.74 Å². The molecule has 2 aliphatic heterocycles. The van der Waals surface area contributed by atoms with Crippen LogP contribution in [0, 0.1) is 17.3 Å². The molecule has 19 heavy (non-hydrogen) atoms. The summed E-state index contributed by atoms with van der Waals surface area (Å²) in [5.41, 5.74) is 0.598. The highest BCUT2D eigenvalue weighted by Gasteiger charge is 2.51. The van der Waals surface area contributed by atoms with E-state index in [0.29, 0.717) is 5.41 Å². The van der Waals surface area contributed by atoms with Crippen LogP contribution in [0.5, 0.6) is 0 Å². The Hall–Kier alpha value is -0.0800. The van der Waals surface area contributed by atoms with Crippen LogP contribution in [0.15, 0.2) is 0 Å². The van der Waals surface area contributed by atoms with Crippen LogP contribution in [-0.4, -0.2) is 37.2 Å². The average molecular weight is 269 g/mol. The van der Waals surface area contributed by atoms with Crippen LogP contribution < -0.4 is 0 Å². The van der Waals surface area contributed by atoms with E-state index in [1.165, 1.54) is 32.4 Å². The van der Waals surface area contributed by atoms with Crippen molar-refractivity contribution in [1.82, 2.24) is 4.90 Å². The minimum absolute atomic E-state index is 0.598. The number of ether oxygens (including phenoxy) is 1. The van der Waals surface area contributed by atoms with Gasteiger partial charge in [0.25, 0.3) is 0 Å². The minimum atomic E-state index is 0.598. The molecular formula is C17H35NO. The predicted molar refractivity (Wildman–Crippen MR) is 83.5 cm³/mol. The summed E-state index contributed by atoms with van der Waals surface area (Å²) in [4.78, 5) is 2.73. The highest BCUT2D eigenvalue weighted by atomic mass is 16.5. The fourth-order valence-corrected chi connectivity index (χ4v) is 3.69. The van der Waals surface area contributed by atoms with Crippen molar-refractivity contribution in [3.05, 3.63) is 0 Å². The van der Waals surface area contributed by atoms with E-state index < -0.39 is 0 Å². The Balaban J connectivity index is 0.000000415. The summed E-state index contributed by atoms with van der Waals surface area (Å²) in [5.74, 6) is 1.83. The van der Waals surface area contributed by atoms with Crippen molar-refractivity contribution in [2.24, 2.45) is 17.3 Å². The molecule has 3 atom stereocenters. The second kappa shape index (κ2) is 7.64. The van der Waals surface area contributed by atoms with Gasteiger partial charge >= 0.3 is 0 Å². The van der Waals surface area contributed by atoms with Gasteiger partial charge in [-0.25, -0.2) is 0 Å². The number of likely N-dealkylation sites (tertiary alicyclic amines) is 1. The molecule has 2 nitrogen and oxygen atoms in total. The molecule has 2 heteroatoms. The molecule has 3 rings (SSSR count). The molecule has 0 aromatic carbocycles. The lowest BCUT2D eigenvalue weighted by molar-refractivity contribution is -0.205. The molecule has 1 saturated carbocycles. The molecule has 2 heterocycles. The highest BCUT2D eigenvalue weighted by Crippen LogP contribution is 2.43. The highest BCUT2D eigenvalue weighted by molar-refractivity contribution is 5.03. The average Bonchev–Trinajstić information content (AvgIpc) is 2.36. The molecule has 0 aromatic heterocycles. The van der Waals surface area contributed by atoms with Gasteiger partial charge in [0.15, 0.2) is 0 Å². The van der Waals surface area contributed by atoms with E-state index in [1.807, 2.05) is 27.7 Å².